The highest BCUT2D eigenvalue weighted by atomic mass is 16.5. The Hall–Kier alpha value is -3.35. The zero-order chi connectivity index (χ0) is 20.1. The molecule has 0 aliphatic rings. The summed E-state index contributed by atoms with van der Waals surface area (Å²) >= 11 is 0. The highest BCUT2D eigenvalue weighted by Crippen LogP contribution is 2.23. The van der Waals surface area contributed by atoms with Crippen molar-refractivity contribution in [3.8, 4) is 11.5 Å². The zero-order valence-electron chi connectivity index (χ0n) is 16.2. The van der Waals surface area contributed by atoms with Gasteiger partial charge in [-0.25, -0.2) is 4.98 Å². The molecule has 1 aromatic heterocycles. The van der Waals surface area contributed by atoms with E-state index in [1.54, 1.807) is 50.4 Å². The van der Waals surface area contributed by atoms with E-state index in [2.05, 4.69) is 9.97 Å². The fourth-order valence-corrected chi connectivity index (χ4v) is 2.98. The first-order valence-corrected chi connectivity index (χ1v) is 8.94. The second kappa shape index (κ2) is 8.56. The number of para-hydroxylation sites is 1. The van der Waals surface area contributed by atoms with Gasteiger partial charge in [-0.2, -0.15) is 0 Å². The third kappa shape index (κ3) is 4.49. The Morgan fingerprint density at radius 2 is 1.79 bits per heavy atom. The summed E-state index contributed by atoms with van der Waals surface area (Å²) in [6.07, 6.45) is 0.878. The van der Waals surface area contributed by atoms with Gasteiger partial charge in [0.2, 0.25) is 5.91 Å². The minimum Gasteiger partial charge on any atom is -0.497 e. The number of benzene rings is 2. The molecule has 1 amide bonds. The molecule has 3 rings (SSSR count). The Kier molecular flexibility index (Phi) is 5.93. The number of methoxy groups -OCH3 is 2. The summed E-state index contributed by atoms with van der Waals surface area (Å²) in [6, 6.07) is 12.7. The van der Waals surface area contributed by atoms with Gasteiger partial charge in [-0.05, 0) is 36.2 Å². The van der Waals surface area contributed by atoms with Crippen LogP contribution >= 0.6 is 0 Å². The summed E-state index contributed by atoms with van der Waals surface area (Å²) in [5.41, 5.74) is 1.37. The molecule has 3 aromatic rings. The molecule has 0 atom stereocenters. The molecule has 7 heteroatoms. The summed E-state index contributed by atoms with van der Waals surface area (Å²) < 4.78 is 10.5. The van der Waals surface area contributed by atoms with Crippen LogP contribution in [0.5, 0.6) is 11.5 Å². The van der Waals surface area contributed by atoms with Crippen LogP contribution in [0.15, 0.2) is 47.3 Å². The number of H-pyrrole nitrogens is 1. The Labute approximate surface area is 162 Å². The molecule has 1 N–H and O–H groups in total. The lowest BCUT2D eigenvalue weighted by Gasteiger charge is -2.17. The number of aromatic amines is 1. The summed E-state index contributed by atoms with van der Waals surface area (Å²) in [5, 5.41) is 0.534. The molecule has 28 heavy (non-hydrogen) atoms. The number of nitrogens with zero attached hydrogens (tertiary/aromatic N) is 2. The van der Waals surface area contributed by atoms with Crippen LogP contribution in [0.3, 0.4) is 0 Å². The predicted octanol–water partition coefficient (Wildman–Crippen LogP) is 2.53. The van der Waals surface area contributed by atoms with Crippen LogP contribution in [0.25, 0.3) is 10.9 Å². The number of carbonyl (C=O) groups is 1. The third-order valence-corrected chi connectivity index (χ3v) is 4.51. The van der Waals surface area contributed by atoms with E-state index < -0.39 is 0 Å². The molecule has 0 spiro atoms. The second-order valence-corrected chi connectivity index (χ2v) is 6.50. The van der Waals surface area contributed by atoms with Crippen molar-refractivity contribution in [1.29, 1.82) is 0 Å². The number of carbonyl (C=O) groups excluding carboxylic acids is 1. The summed E-state index contributed by atoms with van der Waals surface area (Å²) in [5.74, 6) is 1.79. The number of aromatic nitrogens is 2. The van der Waals surface area contributed by atoms with Gasteiger partial charge in [0, 0.05) is 19.5 Å². The number of ether oxygens (including phenoxy) is 2. The first-order chi connectivity index (χ1) is 13.5. The quantitative estimate of drug-likeness (QED) is 0.680. The molecular formula is C21H23N3O4. The standard InChI is InChI=1S/C21H23N3O4/c1-24(13-19-22-18-7-5-4-6-17(18)21(26)23-19)20(25)9-8-14-10-15(27-2)12-16(11-14)28-3/h4-7,10-12H,8-9,13H2,1-3H3,(H,22,23,26). The van der Waals surface area contributed by atoms with Crippen LogP contribution in [-0.2, 0) is 17.8 Å². The van der Waals surface area contributed by atoms with Gasteiger partial charge in [0.25, 0.3) is 5.56 Å². The molecule has 1 heterocycles. The molecule has 146 valence electrons. The molecule has 0 aliphatic carbocycles. The van der Waals surface area contributed by atoms with E-state index >= 15 is 0 Å². The summed E-state index contributed by atoms with van der Waals surface area (Å²) in [7, 11) is 4.88. The largest absolute Gasteiger partial charge is 0.497 e. The Morgan fingerprint density at radius 3 is 2.46 bits per heavy atom. The van der Waals surface area contributed by atoms with Gasteiger partial charge < -0.3 is 19.4 Å². The maximum absolute atomic E-state index is 12.5. The smallest absolute Gasteiger partial charge is 0.258 e. The molecule has 0 radical (unpaired) electrons. The van der Waals surface area contributed by atoms with Crippen LogP contribution in [0.4, 0.5) is 0 Å². The van der Waals surface area contributed by atoms with E-state index in [1.807, 2.05) is 18.2 Å². The lowest BCUT2D eigenvalue weighted by molar-refractivity contribution is -0.130. The Balaban J connectivity index is 1.66. The van der Waals surface area contributed by atoms with Crippen molar-refractivity contribution >= 4 is 16.8 Å². The molecule has 0 aliphatic heterocycles. The molecule has 7 nitrogen and oxygen atoms in total. The number of fused-ring (bicyclic) bond motifs is 1. The first-order valence-electron chi connectivity index (χ1n) is 8.94. The van der Waals surface area contributed by atoms with Crippen molar-refractivity contribution in [3.63, 3.8) is 0 Å². The van der Waals surface area contributed by atoms with Crippen LogP contribution in [0.2, 0.25) is 0 Å². The van der Waals surface area contributed by atoms with Crippen LogP contribution in [-0.4, -0.2) is 42.0 Å². The number of hydrogen-bond acceptors (Lipinski definition) is 5. The van der Waals surface area contributed by atoms with Gasteiger partial charge in [-0.15, -0.1) is 0 Å². The summed E-state index contributed by atoms with van der Waals surface area (Å²) in [6.45, 7) is 0.236. The zero-order valence-corrected chi connectivity index (χ0v) is 16.2. The third-order valence-electron chi connectivity index (χ3n) is 4.51. The van der Waals surface area contributed by atoms with Crippen LogP contribution < -0.4 is 15.0 Å². The average molecular weight is 381 g/mol. The second-order valence-electron chi connectivity index (χ2n) is 6.50. The normalized spacial score (nSPS) is 10.7. The number of rotatable bonds is 7. The SMILES string of the molecule is COc1cc(CCC(=O)N(C)Cc2nc3ccccc3c(=O)[nH]2)cc(OC)c1. The molecule has 0 saturated heterocycles. The van der Waals surface area contributed by atoms with Crippen molar-refractivity contribution < 1.29 is 14.3 Å². The molecule has 0 saturated carbocycles. The number of nitrogens with one attached hydrogen (secondary N) is 1. The average Bonchev–Trinajstić information content (AvgIpc) is 2.71. The lowest BCUT2D eigenvalue weighted by atomic mass is 10.1. The topological polar surface area (TPSA) is 84.5 Å². The highest BCUT2D eigenvalue weighted by molar-refractivity contribution is 5.78. The van der Waals surface area contributed by atoms with Crippen molar-refractivity contribution in [2.24, 2.45) is 0 Å². The molecule has 0 bridgehead atoms. The van der Waals surface area contributed by atoms with Crippen LogP contribution in [0, 0.1) is 0 Å². The predicted molar refractivity (Wildman–Crippen MR) is 107 cm³/mol. The minimum absolute atomic E-state index is 0.0439. The van der Waals surface area contributed by atoms with Gasteiger partial charge in [-0.3, -0.25) is 9.59 Å². The monoisotopic (exact) mass is 381 g/mol. The van der Waals surface area contributed by atoms with Crippen molar-refractivity contribution in [1.82, 2.24) is 14.9 Å². The van der Waals surface area contributed by atoms with Gasteiger partial charge in [-0.1, -0.05) is 12.1 Å². The van der Waals surface area contributed by atoms with E-state index in [4.69, 9.17) is 9.47 Å². The number of amides is 1. The van der Waals surface area contributed by atoms with E-state index in [0.29, 0.717) is 41.1 Å². The van der Waals surface area contributed by atoms with E-state index in [0.717, 1.165) is 5.56 Å². The molecule has 0 fully saturated rings. The summed E-state index contributed by atoms with van der Waals surface area (Å²) in [4.78, 5) is 33.4. The van der Waals surface area contributed by atoms with Crippen molar-refractivity contribution in [2.45, 2.75) is 19.4 Å². The van der Waals surface area contributed by atoms with E-state index in [-0.39, 0.29) is 18.0 Å². The molecular weight excluding hydrogens is 358 g/mol. The fourth-order valence-electron chi connectivity index (χ4n) is 2.98. The number of hydrogen-bond donors (Lipinski definition) is 1. The fraction of sp³-hybridized carbons (Fsp3) is 0.286. The van der Waals surface area contributed by atoms with Crippen molar-refractivity contribution in [2.75, 3.05) is 21.3 Å². The van der Waals surface area contributed by atoms with Gasteiger partial charge >= 0.3 is 0 Å². The van der Waals surface area contributed by atoms with E-state index in [1.165, 1.54) is 0 Å². The minimum atomic E-state index is -0.204. The lowest BCUT2D eigenvalue weighted by Crippen LogP contribution is -2.28. The Morgan fingerprint density at radius 1 is 1.11 bits per heavy atom. The first kappa shape index (κ1) is 19.4. The Bertz CT molecular complexity index is 1020. The van der Waals surface area contributed by atoms with Crippen molar-refractivity contribution in [3.05, 3.63) is 64.2 Å². The maximum atomic E-state index is 12.5. The number of aryl methyl sites for hydroxylation is 1. The molecule has 0 unspecified atom stereocenters. The highest BCUT2D eigenvalue weighted by Gasteiger charge is 2.13. The maximum Gasteiger partial charge on any atom is 0.258 e. The van der Waals surface area contributed by atoms with Gasteiger partial charge in [0.15, 0.2) is 0 Å². The molecule has 2 aromatic carbocycles. The van der Waals surface area contributed by atoms with Gasteiger partial charge in [0.05, 0.1) is 31.7 Å². The van der Waals surface area contributed by atoms with Gasteiger partial charge in [0.1, 0.15) is 17.3 Å². The van der Waals surface area contributed by atoms with E-state index in [9.17, 15) is 9.59 Å². The van der Waals surface area contributed by atoms with Crippen LogP contribution in [0.1, 0.15) is 17.8 Å².